The zero-order valence-electron chi connectivity index (χ0n) is 13.0. The van der Waals surface area contributed by atoms with E-state index in [4.69, 9.17) is 0 Å². The summed E-state index contributed by atoms with van der Waals surface area (Å²) in [5, 5.41) is 9.00. The smallest absolute Gasteiger partial charge is 0.334 e. The van der Waals surface area contributed by atoms with E-state index in [0.717, 1.165) is 23.0 Å². The third kappa shape index (κ3) is 3.82. The number of urea groups is 1. The van der Waals surface area contributed by atoms with Gasteiger partial charge in [0.25, 0.3) is 0 Å². The molecular weight excluding hydrogens is 309 g/mol. The molecule has 1 aromatic carbocycles. The molecule has 8 heteroatoms. The third-order valence-electron chi connectivity index (χ3n) is 3.57. The van der Waals surface area contributed by atoms with Crippen molar-refractivity contribution in [3.05, 3.63) is 46.8 Å². The van der Waals surface area contributed by atoms with Gasteiger partial charge in [-0.15, -0.1) is 0 Å². The Kier molecular flexibility index (Phi) is 4.63. The van der Waals surface area contributed by atoms with E-state index >= 15 is 0 Å². The lowest BCUT2D eigenvalue weighted by molar-refractivity contribution is -0.136. The molecule has 2 amide bonds. The average Bonchev–Trinajstić information content (AvgIpc) is 2.69. The van der Waals surface area contributed by atoms with Crippen LogP contribution in [0.4, 0.5) is 23.7 Å². The van der Waals surface area contributed by atoms with Crippen molar-refractivity contribution in [1.29, 1.82) is 0 Å². The minimum Gasteiger partial charge on any atom is -0.334 e. The van der Waals surface area contributed by atoms with E-state index in [1.54, 1.807) is 18.7 Å². The van der Waals surface area contributed by atoms with Crippen molar-refractivity contribution in [3.63, 3.8) is 0 Å². The molecule has 124 valence electrons. The van der Waals surface area contributed by atoms with Crippen LogP contribution in [0.5, 0.6) is 0 Å². The van der Waals surface area contributed by atoms with Crippen molar-refractivity contribution >= 4 is 11.7 Å². The van der Waals surface area contributed by atoms with Crippen LogP contribution in [-0.4, -0.2) is 15.8 Å². The van der Waals surface area contributed by atoms with Crippen LogP contribution >= 0.6 is 0 Å². The van der Waals surface area contributed by atoms with Gasteiger partial charge in [-0.25, -0.2) is 4.79 Å². The van der Waals surface area contributed by atoms with Crippen LogP contribution in [0.1, 0.15) is 22.5 Å². The number of carbonyl (C=O) groups excluding carboxylic acids is 1. The molecule has 2 aromatic rings. The van der Waals surface area contributed by atoms with Gasteiger partial charge in [0, 0.05) is 24.8 Å². The van der Waals surface area contributed by atoms with Crippen LogP contribution in [0.2, 0.25) is 0 Å². The minimum absolute atomic E-state index is 0.186. The largest absolute Gasteiger partial charge is 0.418 e. The summed E-state index contributed by atoms with van der Waals surface area (Å²) in [5.41, 5.74) is 1.33. The Morgan fingerprint density at radius 1 is 1.26 bits per heavy atom. The molecule has 0 aliphatic heterocycles. The van der Waals surface area contributed by atoms with Crippen molar-refractivity contribution < 1.29 is 18.0 Å². The van der Waals surface area contributed by atoms with Gasteiger partial charge in [-0.05, 0) is 26.0 Å². The Hall–Kier alpha value is -2.51. The van der Waals surface area contributed by atoms with Gasteiger partial charge in [0.1, 0.15) is 0 Å². The zero-order chi connectivity index (χ0) is 17.2. The molecule has 2 N–H and O–H groups in total. The highest BCUT2D eigenvalue weighted by Gasteiger charge is 2.33. The van der Waals surface area contributed by atoms with Crippen LogP contribution in [0, 0.1) is 13.8 Å². The van der Waals surface area contributed by atoms with E-state index in [1.165, 1.54) is 18.2 Å². The minimum atomic E-state index is -4.53. The Morgan fingerprint density at radius 2 is 1.91 bits per heavy atom. The fourth-order valence-electron chi connectivity index (χ4n) is 2.25. The first-order valence-electron chi connectivity index (χ1n) is 6.90. The Bertz CT molecular complexity index is 722. The highest BCUT2D eigenvalue weighted by molar-refractivity contribution is 5.90. The molecule has 0 aliphatic carbocycles. The zero-order valence-corrected chi connectivity index (χ0v) is 13.0. The summed E-state index contributed by atoms with van der Waals surface area (Å²) >= 11 is 0. The second-order valence-electron chi connectivity index (χ2n) is 5.12. The lowest BCUT2D eigenvalue weighted by Gasteiger charge is -2.14. The maximum atomic E-state index is 12.9. The highest BCUT2D eigenvalue weighted by atomic mass is 19.4. The molecule has 0 spiro atoms. The molecule has 1 aromatic heterocycles. The second kappa shape index (κ2) is 6.31. The van der Waals surface area contributed by atoms with E-state index < -0.39 is 17.8 Å². The number of hydrogen-bond donors (Lipinski definition) is 2. The number of rotatable bonds is 3. The maximum absolute atomic E-state index is 12.9. The van der Waals surface area contributed by atoms with Gasteiger partial charge in [0.2, 0.25) is 0 Å². The van der Waals surface area contributed by atoms with E-state index in [9.17, 15) is 18.0 Å². The number of hydrogen-bond acceptors (Lipinski definition) is 2. The number of benzene rings is 1. The maximum Gasteiger partial charge on any atom is 0.418 e. The van der Waals surface area contributed by atoms with E-state index in [2.05, 4.69) is 15.7 Å². The van der Waals surface area contributed by atoms with Crippen molar-refractivity contribution in [2.45, 2.75) is 26.6 Å². The molecular formula is C15H17F3N4O. The quantitative estimate of drug-likeness (QED) is 0.908. The molecule has 0 unspecified atom stereocenters. The molecule has 0 aliphatic rings. The average molecular weight is 326 g/mol. The van der Waals surface area contributed by atoms with Crippen LogP contribution in [0.25, 0.3) is 0 Å². The molecule has 5 nitrogen and oxygen atoms in total. The first kappa shape index (κ1) is 16.9. The number of alkyl halides is 3. The lowest BCUT2D eigenvalue weighted by atomic mass is 10.1. The van der Waals surface area contributed by atoms with Crippen molar-refractivity contribution in [2.24, 2.45) is 7.05 Å². The monoisotopic (exact) mass is 326 g/mol. The number of aromatic nitrogens is 2. The number of nitrogens with one attached hydrogen (secondary N) is 2. The van der Waals surface area contributed by atoms with Crippen molar-refractivity contribution in [1.82, 2.24) is 15.1 Å². The predicted octanol–water partition coefficient (Wildman–Crippen LogP) is 3.38. The summed E-state index contributed by atoms with van der Waals surface area (Å²) < 4.78 is 40.3. The normalized spacial score (nSPS) is 11.4. The van der Waals surface area contributed by atoms with Crippen LogP contribution in [0.3, 0.4) is 0 Å². The number of anilines is 1. The Morgan fingerprint density at radius 3 is 2.48 bits per heavy atom. The Labute approximate surface area is 131 Å². The number of halogens is 3. The molecule has 0 saturated heterocycles. The molecule has 23 heavy (non-hydrogen) atoms. The van der Waals surface area contributed by atoms with E-state index in [-0.39, 0.29) is 12.2 Å². The first-order valence-corrected chi connectivity index (χ1v) is 6.90. The summed E-state index contributed by atoms with van der Waals surface area (Å²) in [7, 11) is 1.78. The summed E-state index contributed by atoms with van der Waals surface area (Å²) in [4.78, 5) is 11.9. The van der Waals surface area contributed by atoms with Crippen molar-refractivity contribution in [2.75, 3.05) is 5.32 Å². The summed E-state index contributed by atoms with van der Waals surface area (Å²) in [6.45, 7) is 3.85. The number of para-hydroxylation sites is 1. The molecule has 2 rings (SSSR count). The summed E-state index contributed by atoms with van der Waals surface area (Å²) in [5.74, 6) is 0. The fraction of sp³-hybridized carbons (Fsp3) is 0.333. The summed E-state index contributed by atoms with van der Waals surface area (Å²) in [6, 6.07) is 4.13. The molecule has 0 saturated carbocycles. The standard InChI is InChI=1S/C15H17F3N4O/c1-9-11(10(2)22(3)21-9)8-19-14(23)20-13-7-5-4-6-12(13)15(16,17)18/h4-7H,8H2,1-3H3,(H2,19,20,23). The SMILES string of the molecule is Cc1nn(C)c(C)c1CNC(=O)Nc1ccccc1C(F)(F)F. The lowest BCUT2D eigenvalue weighted by Crippen LogP contribution is -2.29. The van der Waals surface area contributed by atoms with Gasteiger partial charge in [-0.3, -0.25) is 4.68 Å². The van der Waals surface area contributed by atoms with E-state index in [0.29, 0.717) is 0 Å². The van der Waals surface area contributed by atoms with Gasteiger partial charge >= 0.3 is 12.2 Å². The van der Waals surface area contributed by atoms with Gasteiger partial charge in [-0.2, -0.15) is 18.3 Å². The number of nitrogens with zero attached hydrogens (tertiary/aromatic N) is 2. The molecule has 1 heterocycles. The summed E-state index contributed by atoms with van der Waals surface area (Å²) in [6.07, 6.45) is -4.53. The number of carbonyl (C=O) groups is 1. The Balaban J connectivity index is 2.06. The molecule has 0 fully saturated rings. The van der Waals surface area contributed by atoms with Gasteiger partial charge in [-0.1, -0.05) is 12.1 Å². The second-order valence-corrected chi connectivity index (χ2v) is 5.12. The molecule has 0 atom stereocenters. The fourth-order valence-corrected chi connectivity index (χ4v) is 2.25. The molecule has 0 bridgehead atoms. The van der Waals surface area contributed by atoms with E-state index in [1.807, 2.05) is 6.92 Å². The van der Waals surface area contributed by atoms with Gasteiger partial charge in [0.05, 0.1) is 16.9 Å². The third-order valence-corrected chi connectivity index (χ3v) is 3.57. The topological polar surface area (TPSA) is 59.0 Å². The van der Waals surface area contributed by atoms with Crippen LogP contribution < -0.4 is 10.6 Å². The van der Waals surface area contributed by atoms with Gasteiger partial charge < -0.3 is 10.6 Å². The van der Waals surface area contributed by atoms with Gasteiger partial charge in [0.15, 0.2) is 0 Å². The van der Waals surface area contributed by atoms with Crippen LogP contribution in [0.15, 0.2) is 24.3 Å². The number of aryl methyl sites for hydroxylation is 2. The predicted molar refractivity (Wildman–Crippen MR) is 80.0 cm³/mol. The highest BCUT2D eigenvalue weighted by Crippen LogP contribution is 2.34. The first-order chi connectivity index (χ1) is 10.7. The number of amides is 2. The van der Waals surface area contributed by atoms with Crippen LogP contribution in [-0.2, 0) is 19.8 Å². The van der Waals surface area contributed by atoms with Crippen molar-refractivity contribution in [3.8, 4) is 0 Å². The molecule has 0 radical (unpaired) electrons.